The van der Waals surface area contributed by atoms with E-state index in [4.69, 9.17) is 4.74 Å². The van der Waals surface area contributed by atoms with E-state index in [2.05, 4.69) is 22.0 Å². The first-order chi connectivity index (χ1) is 13.0. The highest BCUT2D eigenvalue weighted by molar-refractivity contribution is 5.84. The Morgan fingerprint density at radius 2 is 2.11 bits per heavy atom. The third kappa shape index (κ3) is 3.70. The number of carbonyl (C=O) groups excluding carboxylic acids is 1. The third-order valence-electron chi connectivity index (χ3n) is 5.10. The van der Waals surface area contributed by atoms with Crippen molar-refractivity contribution in [1.29, 1.82) is 0 Å². The van der Waals surface area contributed by atoms with Crippen molar-refractivity contribution in [3.05, 3.63) is 46.9 Å². The quantitative estimate of drug-likeness (QED) is 0.642. The highest BCUT2D eigenvalue weighted by Gasteiger charge is 2.30. The van der Waals surface area contributed by atoms with E-state index in [1.165, 1.54) is 12.8 Å². The molecule has 0 spiro atoms. The van der Waals surface area contributed by atoms with Gasteiger partial charge in [0.15, 0.2) is 11.4 Å². The zero-order valence-corrected chi connectivity index (χ0v) is 16.0. The molecule has 140 valence electrons. The van der Waals surface area contributed by atoms with Crippen LogP contribution in [-0.4, -0.2) is 32.1 Å². The smallest absolute Gasteiger partial charge is 0.215 e. The minimum atomic E-state index is 0.0250. The molecule has 6 nitrogen and oxygen atoms in total. The van der Waals surface area contributed by atoms with Crippen LogP contribution in [0.4, 0.5) is 0 Å². The molecule has 0 radical (unpaired) electrons. The molecule has 1 aliphatic carbocycles. The molecule has 0 saturated heterocycles. The van der Waals surface area contributed by atoms with Gasteiger partial charge in [-0.1, -0.05) is 6.07 Å². The van der Waals surface area contributed by atoms with Crippen molar-refractivity contribution in [2.24, 2.45) is 7.05 Å². The normalized spacial score (nSPS) is 13.9. The number of nitrogens with zero attached hydrogens (tertiary/aromatic N) is 4. The molecule has 3 aromatic rings. The van der Waals surface area contributed by atoms with Gasteiger partial charge in [-0.05, 0) is 50.3 Å². The Hall–Kier alpha value is -2.76. The lowest BCUT2D eigenvalue weighted by molar-refractivity contribution is -0.121. The molecule has 0 atom stereocenters. The number of ketones is 1. The number of hydrogen-bond acceptors (Lipinski definition) is 5. The lowest BCUT2D eigenvalue weighted by Crippen LogP contribution is -2.13. The first kappa shape index (κ1) is 17.6. The molecule has 3 heterocycles. The zero-order valence-electron chi connectivity index (χ0n) is 16.0. The van der Waals surface area contributed by atoms with E-state index in [1.54, 1.807) is 6.20 Å². The molecular weight excluding hydrogens is 340 g/mol. The SMILES string of the molecule is Cc1cccnc1CCC(=O)COc1cc(C)c2c(C3CC3)nn(C)c2n1. The number of aromatic nitrogens is 4. The van der Waals surface area contributed by atoms with Gasteiger partial charge in [0, 0.05) is 42.7 Å². The summed E-state index contributed by atoms with van der Waals surface area (Å²) in [6.07, 6.45) is 5.21. The van der Waals surface area contributed by atoms with Gasteiger partial charge < -0.3 is 4.74 Å². The van der Waals surface area contributed by atoms with Crippen molar-refractivity contribution in [3.63, 3.8) is 0 Å². The Labute approximate surface area is 158 Å². The molecule has 1 aliphatic rings. The Kier molecular flexibility index (Phi) is 4.64. The number of ether oxygens (including phenoxy) is 1. The summed E-state index contributed by atoms with van der Waals surface area (Å²) in [4.78, 5) is 21.1. The Bertz CT molecular complexity index is 1000. The highest BCUT2D eigenvalue weighted by Crippen LogP contribution is 2.43. The molecule has 1 fully saturated rings. The van der Waals surface area contributed by atoms with Gasteiger partial charge in [0.1, 0.15) is 6.61 Å². The maximum Gasteiger partial charge on any atom is 0.215 e. The topological polar surface area (TPSA) is 69.9 Å². The van der Waals surface area contributed by atoms with Crippen LogP contribution in [-0.2, 0) is 18.3 Å². The summed E-state index contributed by atoms with van der Waals surface area (Å²) < 4.78 is 7.51. The second-order valence-electron chi connectivity index (χ2n) is 7.35. The molecule has 0 bridgehead atoms. The number of pyridine rings is 2. The van der Waals surface area contributed by atoms with Crippen LogP contribution in [0.15, 0.2) is 24.4 Å². The lowest BCUT2D eigenvalue weighted by Gasteiger charge is -2.08. The molecular formula is C21H24N4O2. The van der Waals surface area contributed by atoms with Crippen LogP contribution >= 0.6 is 0 Å². The molecule has 0 aromatic carbocycles. The van der Waals surface area contributed by atoms with Gasteiger partial charge in [-0.3, -0.25) is 14.5 Å². The summed E-state index contributed by atoms with van der Waals surface area (Å²) in [5.74, 6) is 1.09. The molecule has 3 aromatic heterocycles. The predicted molar refractivity (Wildman–Crippen MR) is 103 cm³/mol. The fraction of sp³-hybridized carbons (Fsp3) is 0.429. The van der Waals surface area contributed by atoms with E-state index in [0.29, 0.717) is 24.6 Å². The standard InChI is InChI=1S/C21H24N4O2/c1-13-5-4-10-22-17(13)9-8-16(26)12-27-18-11-14(2)19-20(15-6-7-15)24-25(3)21(19)23-18/h4-5,10-11,15H,6-9,12H2,1-3H3. The van der Waals surface area contributed by atoms with E-state index in [-0.39, 0.29) is 12.4 Å². The van der Waals surface area contributed by atoms with Crippen LogP contribution in [0.1, 0.15) is 47.7 Å². The number of carbonyl (C=O) groups is 1. The van der Waals surface area contributed by atoms with Gasteiger partial charge in [0.05, 0.1) is 5.69 Å². The van der Waals surface area contributed by atoms with E-state index in [9.17, 15) is 4.79 Å². The van der Waals surface area contributed by atoms with Crippen LogP contribution in [0.25, 0.3) is 11.0 Å². The first-order valence-corrected chi connectivity index (χ1v) is 9.42. The second kappa shape index (κ2) is 7.10. The van der Waals surface area contributed by atoms with Crippen molar-refractivity contribution in [1.82, 2.24) is 19.7 Å². The minimum Gasteiger partial charge on any atom is -0.470 e. The fourth-order valence-electron chi connectivity index (χ4n) is 3.42. The van der Waals surface area contributed by atoms with Crippen LogP contribution in [0.5, 0.6) is 5.88 Å². The predicted octanol–water partition coefficient (Wildman–Crippen LogP) is 3.44. The third-order valence-corrected chi connectivity index (χ3v) is 5.10. The van der Waals surface area contributed by atoms with Gasteiger partial charge in [-0.2, -0.15) is 10.1 Å². The Balaban J connectivity index is 1.42. The Morgan fingerprint density at radius 1 is 1.30 bits per heavy atom. The molecule has 0 unspecified atom stereocenters. The van der Waals surface area contributed by atoms with Gasteiger partial charge in [-0.25, -0.2) is 0 Å². The molecule has 27 heavy (non-hydrogen) atoms. The summed E-state index contributed by atoms with van der Waals surface area (Å²) in [5, 5.41) is 5.77. The molecule has 1 saturated carbocycles. The van der Waals surface area contributed by atoms with Crippen LogP contribution in [0.2, 0.25) is 0 Å². The fourth-order valence-corrected chi connectivity index (χ4v) is 3.42. The maximum atomic E-state index is 12.2. The summed E-state index contributed by atoms with van der Waals surface area (Å²) in [7, 11) is 1.91. The number of rotatable bonds is 7. The van der Waals surface area contributed by atoms with Gasteiger partial charge in [-0.15, -0.1) is 0 Å². The van der Waals surface area contributed by atoms with Gasteiger partial charge >= 0.3 is 0 Å². The maximum absolute atomic E-state index is 12.2. The summed E-state index contributed by atoms with van der Waals surface area (Å²) in [6.45, 7) is 4.09. The monoisotopic (exact) mass is 364 g/mol. The number of aryl methyl sites for hydroxylation is 4. The van der Waals surface area contributed by atoms with E-state index < -0.39 is 0 Å². The van der Waals surface area contributed by atoms with E-state index in [1.807, 2.05) is 36.9 Å². The summed E-state index contributed by atoms with van der Waals surface area (Å²) in [6, 6.07) is 5.82. The number of fused-ring (bicyclic) bond motifs is 1. The number of hydrogen-bond donors (Lipinski definition) is 0. The highest BCUT2D eigenvalue weighted by atomic mass is 16.5. The van der Waals surface area contributed by atoms with Gasteiger partial charge in [0.25, 0.3) is 0 Å². The van der Waals surface area contributed by atoms with Crippen LogP contribution in [0.3, 0.4) is 0 Å². The molecule has 4 rings (SSSR count). The van der Waals surface area contributed by atoms with Crippen molar-refractivity contribution in [3.8, 4) is 5.88 Å². The van der Waals surface area contributed by atoms with Crippen molar-refractivity contribution < 1.29 is 9.53 Å². The van der Waals surface area contributed by atoms with Crippen molar-refractivity contribution in [2.45, 2.75) is 45.4 Å². The van der Waals surface area contributed by atoms with Crippen LogP contribution in [0, 0.1) is 13.8 Å². The lowest BCUT2D eigenvalue weighted by atomic mass is 10.1. The molecule has 0 N–H and O–H groups in total. The van der Waals surface area contributed by atoms with Crippen LogP contribution < -0.4 is 4.74 Å². The largest absolute Gasteiger partial charge is 0.470 e. The molecule has 0 amide bonds. The molecule has 6 heteroatoms. The zero-order chi connectivity index (χ0) is 19.0. The summed E-state index contributed by atoms with van der Waals surface area (Å²) >= 11 is 0. The second-order valence-corrected chi connectivity index (χ2v) is 7.35. The van der Waals surface area contributed by atoms with Crippen molar-refractivity contribution in [2.75, 3.05) is 6.61 Å². The summed E-state index contributed by atoms with van der Waals surface area (Å²) in [5.41, 5.74) is 5.14. The van der Waals surface area contributed by atoms with E-state index >= 15 is 0 Å². The minimum absolute atomic E-state index is 0.0250. The first-order valence-electron chi connectivity index (χ1n) is 9.42. The van der Waals surface area contributed by atoms with Crippen molar-refractivity contribution >= 4 is 16.8 Å². The average Bonchev–Trinajstić information content (AvgIpc) is 3.44. The number of Topliss-reactive ketones (excluding diaryl/α,β-unsaturated/α-hetero) is 1. The van der Waals surface area contributed by atoms with E-state index in [0.717, 1.165) is 33.5 Å². The molecule has 0 aliphatic heterocycles. The average molecular weight is 364 g/mol. The van der Waals surface area contributed by atoms with Gasteiger partial charge in [0.2, 0.25) is 5.88 Å². The Morgan fingerprint density at radius 3 is 2.85 bits per heavy atom.